The molecule has 0 atom stereocenters. The van der Waals surface area contributed by atoms with Crippen LogP contribution in [0.5, 0.6) is 0 Å². The second kappa shape index (κ2) is 6.82. The lowest BCUT2D eigenvalue weighted by atomic mass is 10.1. The van der Waals surface area contributed by atoms with Crippen LogP contribution < -0.4 is 0 Å². The van der Waals surface area contributed by atoms with E-state index in [0.29, 0.717) is 21.7 Å². The van der Waals surface area contributed by atoms with Gasteiger partial charge in [0, 0.05) is 10.6 Å². The molecule has 0 bridgehead atoms. The van der Waals surface area contributed by atoms with Gasteiger partial charge in [0.25, 0.3) is 11.1 Å². The number of hydrogen-bond donors (Lipinski definition) is 0. The van der Waals surface area contributed by atoms with Gasteiger partial charge >= 0.3 is 0 Å². The molecule has 1 aromatic carbocycles. The zero-order chi connectivity index (χ0) is 16.4. The van der Waals surface area contributed by atoms with Crippen LogP contribution in [0.4, 0.5) is 0 Å². The smallest absolute Gasteiger partial charge is 0.277 e. The fraction of sp³-hybridized carbons (Fsp3) is 0.200. The largest absolute Gasteiger partial charge is 0.410 e. The Labute approximate surface area is 146 Å². The van der Waals surface area contributed by atoms with Gasteiger partial charge in [0.05, 0.1) is 16.5 Å². The normalized spacial score (nSPS) is 10.9. The molecule has 0 radical (unpaired) electrons. The maximum Gasteiger partial charge on any atom is 0.277 e. The van der Waals surface area contributed by atoms with Gasteiger partial charge in [0.2, 0.25) is 0 Å². The van der Waals surface area contributed by atoms with Crippen LogP contribution in [0.1, 0.15) is 21.1 Å². The molecule has 0 amide bonds. The second-order valence-electron chi connectivity index (χ2n) is 4.74. The first-order chi connectivity index (χ1) is 11.0. The molecule has 2 heterocycles. The number of carbonyl (C=O) groups is 1. The summed E-state index contributed by atoms with van der Waals surface area (Å²) in [6, 6.07) is 6.79. The Morgan fingerprint density at radius 2 is 2.00 bits per heavy atom. The zero-order valence-electron chi connectivity index (χ0n) is 12.4. The first-order valence-corrected chi connectivity index (χ1v) is 8.90. The third kappa shape index (κ3) is 3.80. The van der Waals surface area contributed by atoms with E-state index in [-0.39, 0.29) is 11.5 Å². The molecule has 0 unspecified atom stereocenters. The van der Waals surface area contributed by atoms with E-state index in [1.54, 1.807) is 24.3 Å². The molecule has 0 spiro atoms. The summed E-state index contributed by atoms with van der Waals surface area (Å²) in [5.74, 6) is 0.648. The summed E-state index contributed by atoms with van der Waals surface area (Å²) in [6.07, 6.45) is 0. The first kappa shape index (κ1) is 16.2. The van der Waals surface area contributed by atoms with E-state index in [0.717, 1.165) is 15.6 Å². The van der Waals surface area contributed by atoms with E-state index in [4.69, 9.17) is 16.0 Å². The monoisotopic (exact) mass is 365 g/mol. The fourth-order valence-corrected chi connectivity index (χ4v) is 3.56. The summed E-state index contributed by atoms with van der Waals surface area (Å²) in [5.41, 5.74) is 1.47. The lowest BCUT2D eigenvalue weighted by Gasteiger charge is -1.98. The molecule has 0 aliphatic carbocycles. The highest BCUT2D eigenvalue weighted by molar-refractivity contribution is 7.99. The number of aryl methyl sites for hydroxylation is 2. The van der Waals surface area contributed by atoms with E-state index in [2.05, 4.69) is 15.2 Å². The summed E-state index contributed by atoms with van der Waals surface area (Å²) >= 11 is 8.54. The van der Waals surface area contributed by atoms with Crippen LogP contribution >= 0.6 is 34.7 Å². The van der Waals surface area contributed by atoms with Gasteiger partial charge in [-0.1, -0.05) is 23.4 Å². The highest BCUT2D eigenvalue weighted by Crippen LogP contribution is 2.30. The van der Waals surface area contributed by atoms with Crippen molar-refractivity contribution >= 4 is 40.5 Å². The minimum atomic E-state index is -0.0174. The van der Waals surface area contributed by atoms with Crippen molar-refractivity contribution in [2.24, 2.45) is 0 Å². The molecule has 0 saturated carbocycles. The summed E-state index contributed by atoms with van der Waals surface area (Å²) in [4.78, 5) is 17.3. The first-order valence-electron chi connectivity index (χ1n) is 6.72. The van der Waals surface area contributed by atoms with Gasteiger partial charge in [-0.05, 0) is 38.1 Å². The van der Waals surface area contributed by atoms with Crippen molar-refractivity contribution in [3.63, 3.8) is 0 Å². The average Bonchev–Trinajstić information content (AvgIpc) is 3.11. The SMILES string of the molecule is Cc1nc(C)c(-c2nnc(SCC(=O)c3ccc(Cl)cc3)o2)s1. The van der Waals surface area contributed by atoms with Crippen molar-refractivity contribution < 1.29 is 9.21 Å². The molecule has 2 aromatic heterocycles. The Kier molecular flexibility index (Phi) is 4.79. The van der Waals surface area contributed by atoms with Gasteiger partial charge in [0.1, 0.15) is 4.88 Å². The molecule has 3 rings (SSSR count). The van der Waals surface area contributed by atoms with Gasteiger partial charge < -0.3 is 4.42 Å². The van der Waals surface area contributed by atoms with E-state index >= 15 is 0 Å². The second-order valence-corrected chi connectivity index (χ2v) is 7.31. The molecular formula is C15H12ClN3O2S2. The molecule has 0 fully saturated rings. The van der Waals surface area contributed by atoms with Crippen molar-refractivity contribution in [1.29, 1.82) is 0 Å². The van der Waals surface area contributed by atoms with Crippen LogP contribution in [0.25, 0.3) is 10.8 Å². The summed E-state index contributed by atoms with van der Waals surface area (Å²) in [6.45, 7) is 3.83. The minimum absolute atomic E-state index is 0.0174. The van der Waals surface area contributed by atoms with Crippen LogP contribution in [0, 0.1) is 13.8 Å². The minimum Gasteiger partial charge on any atom is -0.410 e. The van der Waals surface area contributed by atoms with Crippen molar-refractivity contribution in [3.8, 4) is 10.8 Å². The Bertz CT molecular complexity index is 843. The van der Waals surface area contributed by atoms with Gasteiger partial charge in [-0.2, -0.15) is 0 Å². The molecule has 23 heavy (non-hydrogen) atoms. The highest BCUT2D eigenvalue weighted by atomic mass is 35.5. The average molecular weight is 366 g/mol. The van der Waals surface area contributed by atoms with Gasteiger partial charge in [0.15, 0.2) is 5.78 Å². The number of Topliss-reactive ketones (excluding diaryl/α,β-unsaturated/α-hetero) is 1. The van der Waals surface area contributed by atoms with Gasteiger partial charge in [-0.25, -0.2) is 4.98 Å². The number of thiazole rings is 1. The predicted octanol–water partition coefficient (Wildman–Crippen LogP) is 4.44. The van der Waals surface area contributed by atoms with Gasteiger partial charge in [-0.3, -0.25) is 4.79 Å². The quantitative estimate of drug-likeness (QED) is 0.492. The number of ketones is 1. The number of aromatic nitrogens is 3. The van der Waals surface area contributed by atoms with E-state index in [1.807, 2.05) is 13.8 Å². The molecule has 0 aliphatic heterocycles. The number of carbonyl (C=O) groups excluding carboxylic acids is 1. The van der Waals surface area contributed by atoms with Crippen molar-refractivity contribution in [2.45, 2.75) is 19.1 Å². The lowest BCUT2D eigenvalue weighted by Crippen LogP contribution is -2.01. The third-order valence-electron chi connectivity index (χ3n) is 3.00. The molecule has 0 saturated heterocycles. The van der Waals surface area contributed by atoms with Crippen LogP contribution in [0.3, 0.4) is 0 Å². The molecular weight excluding hydrogens is 354 g/mol. The van der Waals surface area contributed by atoms with Crippen LogP contribution in [-0.2, 0) is 0 Å². The number of thioether (sulfide) groups is 1. The molecule has 0 N–H and O–H groups in total. The van der Waals surface area contributed by atoms with Crippen molar-refractivity contribution in [2.75, 3.05) is 5.75 Å². The summed E-state index contributed by atoms with van der Waals surface area (Å²) < 4.78 is 5.61. The number of hydrogen-bond acceptors (Lipinski definition) is 7. The molecule has 118 valence electrons. The molecule has 3 aromatic rings. The number of benzene rings is 1. The Hall–Kier alpha value is -1.70. The number of rotatable bonds is 5. The highest BCUT2D eigenvalue weighted by Gasteiger charge is 2.16. The predicted molar refractivity (Wildman–Crippen MR) is 91.4 cm³/mol. The number of nitrogens with zero attached hydrogens (tertiary/aromatic N) is 3. The maximum atomic E-state index is 12.1. The molecule has 5 nitrogen and oxygen atoms in total. The van der Waals surface area contributed by atoms with Crippen LogP contribution in [-0.4, -0.2) is 26.7 Å². The lowest BCUT2D eigenvalue weighted by molar-refractivity contribution is 0.102. The molecule has 8 heteroatoms. The Balaban J connectivity index is 1.66. The van der Waals surface area contributed by atoms with Crippen LogP contribution in [0.15, 0.2) is 33.9 Å². The van der Waals surface area contributed by atoms with Crippen molar-refractivity contribution in [3.05, 3.63) is 45.6 Å². The Morgan fingerprint density at radius 3 is 2.65 bits per heavy atom. The topological polar surface area (TPSA) is 68.9 Å². The zero-order valence-corrected chi connectivity index (χ0v) is 14.8. The van der Waals surface area contributed by atoms with E-state index in [9.17, 15) is 4.79 Å². The fourth-order valence-electron chi connectivity index (χ4n) is 1.94. The summed E-state index contributed by atoms with van der Waals surface area (Å²) in [7, 11) is 0. The van der Waals surface area contributed by atoms with Gasteiger partial charge in [-0.15, -0.1) is 21.5 Å². The third-order valence-corrected chi connectivity index (χ3v) is 5.13. The van der Waals surface area contributed by atoms with Crippen molar-refractivity contribution in [1.82, 2.24) is 15.2 Å². The van der Waals surface area contributed by atoms with Crippen LogP contribution in [0.2, 0.25) is 5.02 Å². The van der Waals surface area contributed by atoms with E-state index in [1.165, 1.54) is 23.1 Å². The number of halogens is 1. The summed E-state index contributed by atoms with van der Waals surface area (Å²) in [5, 5.41) is 9.92. The maximum absolute atomic E-state index is 12.1. The Morgan fingerprint density at radius 1 is 1.26 bits per heavy atom. The standard InChI is InChI=1S/C15H12ClN3O2S2/c1-8-13(23-9(2)17-8)14-18-19-15(21-14)22-7-12(20)10-3-5-11(16)6-4-10/h3-6H,7H2,1-2H3. The van der Waals surface area contributed by atoms with E-state index < -0.39 is 0 Å². The molecule has 0 aliphatic rings.